The molecule has 0 amide bonds. The van der Waals surface area contributed by atoms with Gasteiger partial charge < -0.3 is 5.11 Å². The molecule has 0 saturated carbocycles. The number of hydrogen-bond donors (Lipinski definition) is 1. The van der Waals surface area contributed by atoms with E-state index < -0.39 is 27.4 Å². The molecular weight excluding hydrogens is 295 g/mol. The first-order valence-corrected chi connectivity index (χ1v) is 7.42. The van der Waals surface area contributed by atoms with E-state index in [0.717, 1.165) is 28.6 Å². The second kappa shape index (κ2) is 4.71. The molecule has 1 fully saturated rings. The lowest BCUT2D eigenvalue weighted by molar-refractivity contribution is -0.137. The fourth-order valence-corrected chi connectivity index (χ4v) is 3.57. The summed E-state index contributed by atoms with van der Waals surface area (Å²) < 4.78 is 62.5. The maximum Gasteiger partial charge on any atom is 0.416 e. The lowest BCUT2D eigenvalue weighted by Gasteiger charge is -2.44. The van der Waals surface area contributed by atoms with Gasteiger partial charge >= 0.3 is 6.18 Å². The Bertz CT molecular complexity index is 589. The maximum atomic E-state index is 12.4. The zero-order valence-corrected chi connectivity index (χ0v) is 11.5. The molecule has 1 aromatic carbocycles. The van der Waals surface area contributed by atoms with E-state index in [9.17, 15) is 26.7 Å². The summed E-state index contributed by atoms with van der Waals surface area (Å²) in [4.78, 5) is -0.205. The molecule has 1 aromatic rings. The Morgan fingerprint density at radius 3 is 2.15 bits per heavy atom. The average Bonchev–Trinajstić information content (AvgIpc) is 2.34. The summed E-state index contributed by atoms with van der Waals surface area (Å²) in [6.45, 7) is 1.67. The number of sulfonamides is 1. The third-order valence-corrected chi connectivity index (χ3v) is 5.22. The highest BCUT2D eigenvalue weighted by Gasteiger charge is 2.46. The van der Waals surface area contributed by atoms with Crippen LogP contribution in [0.3, 0.4) is 0 Å². The van der Waals surface area contributed by atoms with E-state index in [1.165, 1.54) is 0 Å². The highest BCUT2D eigenvalue weighted by Crippen LogP contribution is 2.33. The monoisotopic (exact) mass is 309 g/mol. The van der Waals surface area contributed by atoms with E-state index >= 15 is 0 Å². The molecular formula is C12H14F3NO3S. The summed E-state index contributed by atoms with van der Waals surface area (Å²) in [6, 6.07) is 3.33. The van der Waals surface area contributed by atoms with E-state index in [1.807, 2.05) is 0 Å². The van der Waals surface area contributed by atoms with Crippen LogP contribution in [0, 0.1) is 0 Å². The van der Waals surface area contributed by atoms with Crippen LogP contribution in [0.4, 0.5) is 13.2 Å². The van der Waals surface area contributed by atoms with E-state index in [-0.39, 0.29) is 18.0 Å². The van der Waals surface area contributed by atoms with Gasteiger partial charge in [0.25, 0.3) is 0 Å². The van der Waals surface area contributed by atoms with Gasteiger partial charge in [0, 0.05) is 13.1 Å². The smallest absolute Gasteiger partial charge is 0.387 e. The number of hydrogen-bond acceptors (Lipinski definition) is 3. The third-order valence-electron chi connectivity index (χ3n) is 3.42. The Morgan fingerprint density at radius 1 is 1.25 bits per heavy atom. The van der Waals surface area contributed by atoms with Gasteiger partial charge in [-0.2, -0.15) is 17.5 Å². The summed E-state index contributed by atoms with van der Waals surface area (Å²) in [7, 11) is -3.84. The van der Waals surface area contributed by atoms with E-state index in [4.69, 9.17) is 0 Å². The number of nitrogens with zero attached hydrogens (tertiary/aromatic N) is 1. The molecule has 8 heteroatoms. The lowest BCUT2D eigenvalue weighted by atomic mass is 9.94. The highest BCUT2D eigenvalue weighted by atomic mass is 32.2. The van der Waals surface area contributed by atoms with Crippen molar-refractivity contribution in [1.29, 1.82) is 0 Å². The van der Waals surface area contributed by atoms with Crippen LogP contribution in [0.5, 0.6) is 0 Å². The maximum absolute atomic E-state index is 12.4. The standard InChI is InChI=1S/C12H14F3NO3S/c1-2-11(17)7-16(8-11)20(18,19)10-5-3-9(4-6-10)12(13,14)15/h3-6,17H,2,7-8H2,1H3. The topological polar surface area (TPSA) is 57.6 Å². The van der Waals surface area contributed by atoms with E-state index in [0.29, 0.717) is 6.42 Å². The Hall–Kier alpha value is -1.12. The van der Waals surface area contributed by atoms with Crippen molar-refractivity contribution in [2.75, 3.05) is 13.1 Å². The Morgan fingerprint density at radius 2 is 1.75 bits per heavy atom. The third kappa shape index (κ3) is 2.68. The molecule has 0 aliphatic carbocycles. The van der Waals surface area contributed by atoms with Crippen LogP contribution < -0.4 is 0 Å². The molecule has 1 saturated heterocycles. The fraction of sp³-hybridized carbons (Fsp3) is 0.500. The summed E-state index contributed by atoms with van der Waals surface area (Å²) in [5.74, 6) is 0. The fourth-order valence-electron chi connectivity index (χ4n) is 1.97. The van der Waals surface area contributed by atoms with Gasteiger partial charge in [-0.05, 0) is 30.7 Å². The first-order valence-electron chi connectivity index (χ1n) is 5.98. The zero-order chi connectivity index (χ0) is 15.2. The van der Waals surface area contributed by atoms with Gasteiger partial charge in [0.05, 0.1) is 16.1 Å². The molecule has 0 bridgehead atoms. The van der Waals surface area contributed by atoms with Gasteiger partial charge in [0.15, 0.2) is 0 Å². The summed E-state index contributed by atoms with van der Waals surface area (Å²) >= 11 is 0. The second-order valence-electron chi connectivity index (χ2n) is 4.87. The number of aliphatic hydroxyl groups is 1. The summed E-state index contributed by atoms with van der Waals surface area (Å²) in [5.41, 5.74) is -1.93. The van der Waals surface area contributed by atoms with Crippen molar-refractivity contribution in [1.82, 2.24) is 4.31 Å². The normalized spacial score (nSPS) is 19.6. The number of benzene rings is 1. The van der Waals surface area contributed by atoms with Crippen molar-refractivity contribution in [3.05, 3.63) is 29.8 Å². The molecule has 20 heavy (non-hydrogen) atoms. The van der Waals surface area contributed by atoms with Gasteiger partial charge in [0.1, 0.15) is 0 Å². The van der Waals surface area contributed by atoms with E-state index in [1.54, 1.807) is 6.92 Å². The average molecular weight is 309 g/mol. The highest BCUT2D eigenvalue weighted by molar-refractivity contribution is 7.89. The van der Waals surface area contributed by atoms with Crippen LogP contribution in [0.1, 0.15) is 18.9 Å². The minimum atomic E-state index is -4.50. The number of alkyl halides is 3. The Kier molecular flexibility index (Phi) is 3.60. The molecule has 2 rings (SSSR count). The molecule has 0 atom stereocenters. The molecule has 1 heterocycles. The SMILES string of the molecule is CCC1(O)CN(S(=O)(=O)c2ccc(C(F)(F)F)cc2)C1. The largest absolute Gasteiger partial charge is 0.416 e. The van der Waals surface area contributed by atoms with Crippen LogP contribution in [0.25, 0.3) is 0 Å². The van der Waals surface area contributed by atoms with Gasteiger partial charge in [-0.15, -0.1) is 0 Å². The summed E-state index contributed by atoms with van der Waals surface area (Å²) in [6.07, 6.45) is -4.08. The van der Waals surface area contributed by atoms with Crippen molar-refractivity contribution in [2.45, 2.75) is 30.0 Å². The van der Waals surface area contributed by atoms with Crippen LogP contribution in [0.2, 0.25) is 0 Å². The van der Waals surface area contributed by atoms with Crippen molar-refractivity contribution in [2.24, 2.45) is 0 Å². The number of rotatable bonds is 3. The van der Waals surface area contributed by atoms with E-state index in [2.05, 4.69) is 0 Å². The van der Waals surface area contributed by atoms with Crippen molar-refractivity contribution in [3.8, 4) is 0 Å². The van der Waals surface area contributed by atoms with Gasteiger partial charge in [0.2, 0.25) is 10.0 Å². The minimum absolute atomic E-state index is 0.0349. The quantitative estimate of drug-likeness (QED) is 0.927. The number of halogens is 3. The van der Waals surface area contributed by atoms with Crippen LogP contribution in [0.15, 0.2) is 29.2 Å². The molecule has 0 aromatic heterocycles. The van der Waals surface area contributed by atoms with Gasteiger partial charge in [-0.1, -0.05) is 6.92 Å². The molecule has 1 aliphatic rings. The Labute approximate surface area is 114 Å². The molecule has 4 nitrogen and oxygen atoms in total. The predicted molar refractivity (Wildman–Crippen MR) is 65.4 cm³/mol. The lowest BCUT2D eigenvalue weighted by Crippen LogP contribution is -2.62. The van der Waals surface area contributed by atoms with Crippen molar-refractivity contribution >= 4 is 10.0 Å². The Balaban J connectivity index is 2.20. The predicted octanol–water partition coefficient (Wildman–Crippen LogP) is 1.85. The first-order chi connectivity index (χ1) is 9.08. The van der Waals surface area contributed by atoms with Crippen molar-refractivity contribution in [3.63, 3.8) is 0 Å². The van der Waals surface area contributed by atoms with Crippen molar-refractivity contribution < 1.29 is 26.7 Å². The molecule has 1 N–H and O–H groups in total. The van der Waals surface area contributed by atoms with Gasteiger partial charge in [-0.25, -0.2) is 8.42 Å². The number of β-amino-alcohol motifs (C(OH)–C–C–N with tert-alkyl or cyclic N) is 1. The minimum Gasteiger partial charge on any atom is -0.387 e. The first kappa shape index (κ1) is 15.3. The van der Waals surface area contributed by atoms with Gasteiger partial charge in [-0.3, -0.25) is 0 Å². The molecule has 112 valence electrons. The van der Waals surface area contributed by atoms with Crippen LogP contribution in [-0.2, 0) is 16.2 Å². The van der Waals surface area contributed by atoms with Crippen LogP contribution in [-0.4, -0.2) is 36.5 Å². The second-order valence-corrected chi connectivity index (χ2v) is 6.81. The molecule has 0 spiro atoms. The zero-order valence-electron chi connectivity index (χ0n) is 10.7. The molecule has 0 radical (unpaired) electrons. The molecule has 0 unspecified atom stereocenters. The van der Waals surface area contributed by atoms with Crippen LogP contribution >= 0.6 is 0 Å². The molecule has 1 aliphatic heterocycles. The summed E-state index contributed by atoms with van der Waals surface area (Å²) in [5, 5.41) is 9.80.